The molecular formula is C32H50N8O7S. The molecule has 4 rings (SSSR count). The molecule has 6 N–H and O–H groups in total. The second-order valence-electron chi connectivity index (χ2n) is 13.3. The number of thioether (sulfide) groups is 1. The predicted octanol–water partition coefficient (Wildman–Crippen LogP) is 0.106. The largest absolute Gasteiger partial charge is 0.480 e. The van der Waals surface area contributed by atoms with Gasteiger partial charge in [0.15, 0.2) is 0 Å². The van der Waals surface area contributed by atoms with E-state index in [1.165, 1.54) is 27.2 Å². The maximum absolute atomic E-state index is 14.1. The zero-order valence-corrected chi connectivity index (χ0v) is 28.9. The van der Waals surface area contributed by atoms with Gasteiger partial charge in [-0.2, -0.15) is 11.8 Å². The van der Waals surface area contributed by atoms with Gasteiger partial charge in [-0.05, 0) is 69.3 Å². The van der Waals surface area contributed by atoms with Gasteiger partial charge in [0.05, 0.1) is 12.4 Å². The molecule has 48 heavy (non-hydrogen) atoms. The van der Waals surface area contributed by atoms with E-state index in [-0.39, 0.29) is 30.1 Å². The Morgan fingerprint density at radius 1 is 0.917 bits per heavy atom. The van der Waals surface area contributed by atoms with E-state index in [0.717, 1.165) is 5.75 Å². The maximum Gasteiger partial charge on any atom is 0.326 e. The summed E-state index contributed by atoms with van der Waals surface area (Å²) in [6.07, 6.45) is 8.78. The number of carbonyl (C=O) groups excluding carboxylic acids is 5. The molecular weight excluding hydrogens is 640 g/mol. The Balaban J connectivity index is 1.43. The lowest BCUT2D eigenvalue weighted by molar-refractivity contribution is -0.149. The second-order valence-corrected chi connectivity index (χ2v) is 14.3. The molecule has 0 aliphatic carbocycles. The Labute approximate surface area is 285 Å². The highest BCUT2D eigenvalue weighted by Crippen LogP contribution is 2.27. The third-order valence-corrected chi connectivity index (χ3v) is 10.0. The number of likely N-dealkylation sites (tertiary alicyclic amines) is 3. The summed E-state index contributed by atoms with van der Waals surface area (Å²) in [6, 6.07) is -5.20. The standard InChI is InChI=1S/C32H50N8O7S/c1-19(2)15-22(36-27(41)24-7-4-11-38(24)29(43)21(33)10-14-48-3)30(44)40-13-6-9-26(40)31(45)39-12-5-8-25(39)28(42)37-23(32(46)47)16-20-17-34-18-35-20/h17-19,21-26H,4-16,33H2,1-3H3,(H,34,35)(H,36,41)(H,37,42)(H,46,47)/t21-,22-,23-,24-,25-,26-/m0/s1. The van der Waals surface area contributed by atoms with E-state index in [9.17, 15) is 33.9 Å². The summed E-state index contributed by atoms with van der Waals surface area (Å²) in [7, 11) is 0. The van der Waals surface area contributed by atoms with E-state index >= 15 is 0 Å². The third kappa shape index (κ3) is 9.07. The number of nitrogens with zero attached hydrogens (tertiary/aromatic N) is 4. The number of carboxylic acid groups (broad SMARTS) is 1. The van der Waals surface area contributed by atoms with Gasteiger partial charge in [-0.3, -0.25) is 24.0 Å². The van der Waals surface area contributed by atoms with Gasteiger partial charge in [-0.15, -0.1) is 0 Å². The number of aromatic amines is 1. The number of hydrogen-bond acceptors (Lipinski definition) is 9. The summed E-state index contributed by atoms with van der Waals surface area (Å²) in [6.45, 7) is 4.95. The molecule has 3 fully saturated rings. The van der Waals surface area contributed by atoms with E-state index in [2.05, 4.69) is 20.6 Å². The third-order valence-electron chi connectivity index (χ3n) is 9.36. The number of nitrogens with one attached hydrogen (secondary N) is 3. The molecule has 0 radical (unpaired) electrons. The zero-order valence-electron chi connectivity index (χ0n) is 28.1. The molecule has 4 heterocycles. The van der Waals surface area contributed by atoms with Crippen molar-refractivity contribution in [3.63, 3.8) is 0 Å². The number of aromatic nitrogens is 2. The van der Waals surface area contributed by atoms with Crippen LogP contribution in [0, 0.1) is 5.92 Å². The van der Waals surface area contributed by atoms with Gasteiger partial charge in [0.1, 0.15) is 30.2 Å². The molecule has 3 saturated heterocycles. The lowest BCUT2D eigenvalue weighted by atomic mass is 10.0. The highest BCUT2D eigenvalue weighted by atomic mass is 32.2. The number of hydrogen-bond donors (Lipinski definition) is 5. The molecule has 0 aromatic carbocycles. The number of nitrogens with two attached hydrogens (primary N) is 1. The van der Waals surface area contributed by atoms with Crippen molar-refractivity contribution in [1.29, 1.82) is 0 Å². The minimum Gasteiger partial charge on any atom is -0.480 e. The van der Waals surface area contributed by atoms with Crippen LogP contribution < -0.4 is 16.4 Å². The normalized spacial score (nSPS) is 22.9. The van der Waals surface area contributed by atoms with Crippen molar-refractivity contribution in [2.75, 3.05) is 31.6 Å². The Morgan fingerprint density at radius 2 is 1.48 bits per heavy atom. The number of H-pyrrole nitrogens is 1. The van der Waals surface area contributed by atoms with Crippen molar-refractivity contribution in [1.82, 2.24) is 35.3 Å². The molecule has 15 nitrogen and oxygen atoms in total. The van der Waals surface area contributed by atoms with Crippen LogP contribution in [0.2, 0.25) is 0 Å². The van der Waals surface area contributed by atoms with Gasteiger partial charge in [0.25, 0.3) is 0 Å². The van der Waals surface area contributed by atoms with Crippen molar-refractivity contribution in [2.45, 2.75) is 108 Å². The highest BCUT2D eigenvalue weighted by molar-refractivity contribution is 7.98. The molecule has 6 atom stereocenters. The number of rotatable bonds is 15. The number of imidazole rings is 1. The van der Waals surface area contributed by atoms with Gasteiger partial charge < -0.3 is 41.2 Å². The first-order valence-electron chi connectivity index (χ1n) is 16.9. The molecule has 5 amide bonds. The van der Waals surface area contributed by atoms with Gasteiger partial charge in [0.2, 0.25) is 29.5 Å². The first-order chi connectivity index (χ1) is 22.9. The number of amides is 5. The van der Waals surface area contributed by atoms with Crippen LogP contribution in [0.3, 0.4) is 0 Å². The van der Waals surface area contributed by atoms with Crippen LogP contribution >= 0.6 is 11.8 Å². The molecule has 0 spiro atoms. The molecule has 266 valence electrons. The summed E-state index contributed by atoms with van der Waals surface area (Å²) in [5.74, 6) is -2.38. The predicted molar refractivity (Wildman–Crippen MR) is 178 cm³/mol. The molecule has 1 aromatic rings. The SMILES string of the molecule is CSCC[C@H](N)C(=O)N1CCC[C@H]1C(=O)N[C@@H](CC(C)C)C(=O)N1CCC[C@H]1C(=O)N1CCC[C@H]1C(=O)N[C@@H](Cc1cnc[nH]1)C(=O)O. The van der Waals surface area contributed by atoms with E-state index in [4.69, 9.17) is 5.73 Å². The van der Waals surface area contributed by atoms with Gasteiger partial charge >= 0.3 is 5.97 Å². The Hall–Kier alpha value is -3.66. The van der Waals surface area contributed by atoms with Gasteiger partial charge in [-0.25, -0.2) is 9.78 Å². The smallest absolute Gasteiger partial charge is 0.326 e. The highest BCUT2D eigenvalue weighted by Gasteiger charge is 2.45. The van der Waals surface area contributed by atoms with Crippen LogP contribution in [0.5, 0.6) is 0 Å². The lowest BCUT2D eigenvalue weighted by Gasteiger charge is -2.34. The van der Waals surface area contributed by atoms with Crippen LogP contribution in [0.25, 0.3) is 0 Å². The van der Waals surface area contributed by atoms with Crippen molar-refractivity contribution in [3.05, 3.63) is 18.2 Å². The summed E-state index contributed by atoms with van der Waals surface area (Å²) in [5.41, 5.74) is 6.69. The van der Waals surface area contributed by atoms with Crippen molar-refractivity contribution < 1.29 is 33.9 Å². The fourth-order valence-electron chi connectivity index (χ4n) is 6.91. The number of carboxylic acids is 1. The Morgan fingerprint density at radius 3 is 2.04 bits per heavy atom. The fraction of sp³-hybridized carbons (Fsp3) is 0.719. The molecule has 16 heteroatoms. The molecule has 0 unspecified atom stereocenters. The summed E-state index contributed by atoms with van der Waals surface area (Å²) < 4.78 is 0. The molecule has 0 bridgehead atoms. The number of aliphatic carboxylic acids is 1. The second kappa shape index (κ2) is 17.1. The van der Waals surface area contributed by atoms with Crippen LogP contribution in [-0.4, -0.2) is 133 Å². The van der Waals surface area contributed by atoms with Crippen LogP contribution in [0.1, 0.15) is 70.9 Å². The Kier molecular flexibility index (Phi) is 13.3. The first kappa shape index (κ1) is 37.2. The average Bonchev–Trinajstić information content (AvgIpc) is 3.88. The summed E-state index contributed by atoms with van der Waals surface area (Å²) in [4.78, 5) is 91.2. The van der Waals surface area contributed by atoms with Gasteiger partial charge in [0, 0.05) is 37.9 Å². The van der Waals surface area contributed by atoms with Gasteiger partial charge in [-0.1, -0.05) is 13.8 Å². The van der Waals surface area contributed by atoms with E-state index < -0.39 is 54.0 Å². The molecule has 3 aliphatic rings. The Bertz CT molecular complexity index is 1310. The fourth-order valence-corrected chi connectivity index (χ4v) is 7.40. The van der Waals surface area contributed by atoms with E-state index in [1.54, 1.807) is 11.8 Å². The van der Waals surface area contributed by atoms with Crippen LogP contribution in [0.15, 0.2) is 12.5 Å². The topological polar surface area (TPSA) is 211 Å². The minimum atomic E-state index is -1.21. The lowest BCUT2D eigenvalue weighted by Crippen LogP contribution is -2.59. The number of carbonyl (C=O) groups is 6. The van der Waals surface area contributed by atoms with Crippen molar-refractivity contribution in [3.8, 4) is 0 Å². The minimum absolute atomic E-state index is 0.00715. The average molecular weight is 691 g/mol. The van der Waals surface area contributed by atoms with E-state index in [1.807, 2.05) is 20.1 Å². The van der Waals surface area contributed by atoms with E-state index in [0.29, 0.717) is 76.7 Å². The summed E-state index contributed by atoms with van der Waals surface area (Å²) in [5, 5.41) is 15.2. The monoisotopic (exact) mass is 690 g/mol. The van der Waals surface area contributed by atoms with Crippen LogP contribution in [-0.2, 0) is 35.2 Å². The first-order valence-corrected chi connectivity index (χ1v) is 18.3. The molecule has 1 aromatic heterocycles. The quantitative estimate of drug-likeness (QED) is 0.168. The van der Waals surface area contributed by atoms with Crippen molar-refractivity contribution in [2.24, 2.45) is 11.7 Å². The zero-order chi connectivity index (χ0) is 35.0. The van der Waals surface area contributed by atoms with Crippen molar-refractivity contribution >= 4 is 47.3 Å². The maximum atomic E-state index is 14.1. The molecule has 3 aliphatic heterocycles. The van der Waals surface area contributed by atoms with Crippen LogP contribution in [0.4, 0.5) is 0 Å². The molecule has 0 saturated carbocycles. The summed E-state index contributed by atoms with van der Waals surface area (Å²) >= 11 is 1.60.